The monoisotopic (exact) mass is 187 g/mol. The first-order valence-electron chi connectivity index (χ1n) is 3.13. The van der Waals surface area contributed by atoms with E-state index in [1.807, 2.05) is 4.72 Å². The van der Waals surface area contributed by atoms with Crippen LogP contribution in [0, 0.1) is 0 Å². The number of aliphatic hydroxyl groups excluding tert-OH is 1. The molecule has 0 aliphatic carbocycles. The Bertz CT molecular complexity index is 267. The Morgan fingerprint density at radius 3 is 3.00 bits per heavy atom. The van der Waals surface area contributed by atoms with Crippen molar-refractivity contribution in [3.05, 3.63) is 30.1 Å². The molecule has 0 aromatic carbocycles. The van der Waals surface area contributed by atoms with Crippen molar-refractivity contribution in [3.8, 4) is 0 Å². The van der Waals surface area contributed by atoms with E-state index in [1.165, 1.54) is 12.4 Å². The summed E-state index contributed by atoms with van der Waals surface area (Å²) in [6, 6.07) is 3.17. The van der Waals surface area contributed by atoms with Gasteiger partial charge in [0.25, 0.3) is 0 Å². The highest BCUT2D eigenvalue weighted by molar-refractivity contribution is 7.77. The van der Waals surface area contributed by atoms with E-state index in [0.29, 0.717) is 5.56 Å². The zero-order chi connectivity index (χ0) is 8.97. The summed E-state index contributed by atoms with van der Waals surface area (Å²) < 4.78 is 22.1. The van der Waals surface area contributed by atoms with Gasteiger partial charge in [0.15, 0.2) is 0 Å². The normalized spacial score (nSPS) is 15.5. The van der Waals surface area contributed by atoms with Crippen LogP contribution in [-0.4, -0.2) is 18.9 Å². The van der Waals surface area contributed by atoms with Crippen molar-refractivity contribution in [2.75, 3.05) is 0 Å². The molecule has 66 valence electrons. The van der Waals surface area contributed by atoms with Gasteiger partial charge in [-0.05, 0) is 6.07 Å². The minimum absolute atomic E-state index is 0.404. The van der Waals surface area contributed by atoms with E-state index < -0.39 is 17.5 Å². The standard InChI is InChI=1S/C6H8N2O3S/c9-6(8-12(10)11)5-2-1-3-7-4-5/h1-4,6,8-9H,(H,10,11)/p-1. The molecule has 1 heterocycles. The molecule has 6 heteroatoms. The highest BCUT2D eigenvalue weighted by Crippen LogP contribution is 2.06. The minimum atomic E-state index is -2.47. The topological polar surface area (TPSA) is 85.3 Å². The van der Waals surface area contributed by atoms with Gasteiger partial charge < -0.3 is 9.66 Å². The molecule has 0 fully saturated rings. The molecule has 2 N–H and O–H groups in total. The molecular formula is C6H7N2O3S-. The van der Waals surface area contributed by atoms with Gasteiger partial charge in [0, 0.05) is 29.2 Å². The number of hydrogen-bond acceptors (Lipinski definition) is 4. The highest BCUT2D eigenvalue weighted by atomic mass is 32.2. The van der Waals surface area contributed by atoms with Gasteiger partial charge in [-0.25, -0.2) is 4.72 Å². The fraction of sp³-hybridized carbons (Fsp3) is 0.167. The highest BCUT2D eigenvalue weighted by Gasteiger charge is 2.04. The molecular weight excluding hydrogens is 180 g/mol. The Morgan fingerprint density at radius 2 is 2.50 bits per heavy atom. The van der Waals surface area contributed by atoms with Gasteiger partial charge in [-0.15, -0.1) is 0 Å². The van der Waals surface area contributed by atoms with Crippen molar-refractivity contribution in [2.24, 2.45) is 0 Å². The van der Waals surface area contributed by atoms with Gasteiger partial charge in [0.1, 0.15) is 6.23 Å². The lowest BCUT2D eigenvalue weighted by Gasteiger charge is -2.13. The molecule has 0 amide bonds. The Balaban J connectivity index is 2.65. The van der Waals surface area contributed by atoms with Crippen molar-refractivity contribution < 1.29 is 13.9 Å². The zero-order valence-electron chi connectivity index (χ0n) is 6.01. The number of hydrogen-bond donors (Lipinski definition) is 2. The summed E-state index contributed by atoms with van der Waals surface area (Å²) >= 11 is -2.47. The number of aliphatic hydroxyl groups is 1. The molecule has 0 saturated carbocycles. The second-order valence-corrected chi connectivity index (χ2v) is 2.75. The van der Waals surface area contributed by atoms with Gasteiger partial charge in [-0.2, -0.15) is 0 Å². The van der Waals surface area contributed by atoms with E-state index in [2.05, 4.69) is 4.98 Å². The Hall–Kier alpha value is -0.820. The summed E-state index contributed by atoms with van der Waals surface area (Å²) in [7, 11) is 0. The lowest BCUT2D eigenvalue weighted by Crippen LogP contribution is -2.22. The van der Waals surface area contributed by atoms with E-state index in [-0.39, 0.29) is 0 Å². The van der Waals surface area contributed by atoms with Gasteiger partial charge in [-0.1, -0.05) is 6.07 Å². The molecule has 2 atom stereocenters. The van der Waals surface area contributed by atoms with Crippen molar-refractivity contribution in [1.29, 1.82) is 0 Å². The quantitative estimate of drug-likeness (QED) is 0.491. The van der Waals surface area contributed by atoms with E-state index >= 15 is 0 Å². The molecule has 0 aliphatic heterocycles. The molecule has 5 nitrogen and oxygen atoms in total. The molecule has 1 aromatic heterocycles. The van der Waals surface area contributed by atoms with Crippen LogP contribution in [0.15, 0.2) is 24.5 Å². The fourth-order valence-electron chi connectivity index (χ4n) is 0.697. The predicted octanol–water partition coefficient (Wildman–Crippen LogP) is -0.544. The van der Waals surface area contributed by atoms with E-state index in [4.69, 9.17) is 5.11 Å². The fourth-order valence-corrected chi connectivity index (χ4v) is 1.02. The van der Waals surface area contributed by atoms with E-state index in [9.17, 15) is 8.76 Å². The van der Waals surface area contributed by atoms with Crippen LogP contribution in [0.2, 0.25) is 0 Å². The third-order valence-corrected chi connectivity index (χ3v) is 1.62. The molecule has 1 rings (SSSR count). The summed E-state index contributed by atoms with van der Waals surface area (Å²) in [5, 5.41) is 9.15. The van der Waals surface area contributed by atoms with Gasteiger partial charge in [0.2, 0.25) is 0 Å². The molecule has 1 aromatic rings. The zero-order valence-corrected chi connectivity index (χ0v) is 6.82. The van der Waals surface area contributed by atoms with Crippen LogP contribution in [0.3, 0.4) is 0 Å². The maximum atomic E-state index is 10.1. The summed E-state index contributed by atoms with van der Waals surface area (Å²) in [4.78, 5) is 3.71. The first-order chi connectivity index (χ1) is 5.70. The Kier molecular flexibility index (Phi) is 3.30. The van der Waals surface area contributed by atoms with Crippen LogP contribution in [0.1, 0.15) is 11.8 Å². The second-order valence-electron chi connectivity index (χ2n) is 2.04. The summed E-state index contributed by atoms with van der Waals surface area (Å²) in [5.74, 6) is 0. The van der Waals surface area contributed by atoms with Crippen molar-refractivity contribution in [1.82, 2.24) is 9.71 Å². The van der Waals surface area contributed by atoms with Crippen molar-refractivity contribution >= 4 is 11.3 Å². The van der Waals surface area contributed by atoms with Crippen LogP contribution in [0.4, 0.5) is 0 Å². The second kappa shape index (κ2) is 4.27. The maximum Gasteiger partial charge on any atom is 0.142 e. The average molecular weight is 187 g/mol. The number of nitrogens with one attached hydrogen (secondary N) is 1. The van der Waals surface area contributed by atoms with E-state index in [0.717, 1.165) is 0 Å². The molecule has 2 unspecified atom stereocenters. The van der Waals surface area contributed by atoms with Crippen LogP contribution in [-0.2, 0) is 11.3 Å². The summed E-state index contributed by atoms with van der Waals surface area (Å²) in [6.45, 7) is 0. The van der Waals surface area contributed by atoms with Crippen LogP contribution in [0.25, 0.3) is 0 Å². The van der Waals surface area contributed by atoms with Gasteiger partial charge in [-0.3, -0.25) is 9.19 Å². The minimum Gasteiger partial charge on any atom is -0.760 e. The predicted molar refractivity (Wildman–Crippen MR) is 41.3 cm³/mol. The summed E-state index contributed by atoms with van der Waals surface area (Å²) in [6.07, 6.45) is 1.69. The molecule has 0 saturated heterocycles. The van der Waals surface area contributed by atoms with Crippen molar-refractivity contribution in [3.63, 3.8) is 0 Å². The van der Waals surface area contributed by atoms with Gasteiger partial charge >= 0.3 is 0 Å². The maximum absolute atomic E-state index is 10.1. The number of rotatable bonds is 3. The van der Waals surface area contributed by atoms with Crippen LogP contribution < -0.4 is 4.72 Å². The molecule has 0 spiro atoms. The smallest absolute Gasteiger partial charge is 0.142 e. The number of pyridine rings is 1. The lowest BCUT2D eigenvalue weighted by atomic mass is 10.3. The largest absolute Gasteiger partial charge is 0.760 e. The SMILES string of the molecule is O=S([O-])NC(O)c1cccnc1. The summed E-state index contributed by atoms with van der Waals surface area (Å²) in [5.41, 5.74) is 0.404. The molecule has 12 heavy (non-hydrogen) atoms. The first-order valence-corrected chi connectivity index (χ1v) is 4.21. The van der Waals surface area contributed by atoms with E-state index in [1.54, 1.807) is 12.1 Å². The Labute approximate surface area is 71.9 Å². The van der Waals surface area contributed by atoms with Gasteiger partial charge in [0.05, 0.1) is 0 Å². The Morgan fingerprint density at radius 1 is 1.75 bits per heavy atom. The third kappa shape index (κ3) is 2.67. The first kappa shape index (κ1) is 9.27. The van der Waals surface area contributed by atoms with Crippen LogP contribution in [0.5, 0.6) is 0 Å². The van der Waals surface area contributed by atoms with Crippen molar-refractivity contribution in [2.45, 2.75) is 6.23 Å². The average Bonchev–Trinajstić information content (AvgIpc) is 2.05. The molecule has 0 bridgehead atoms. The molecule has 0 aliphatic rings. The third-order valence-electron chi connectivity index (χ3n) is 1.21. The number of aromatic nitrogens is 1. The lowest BCUT2D eigenvalue weighted by molar-refractivity contribution is 0.165. The number of nitrogens with zero attached hydrogens (tertiary/aromatic N) is 1. The van der Waals surface area contributed by atoms with Crippen LogP contribution >= 0.6 is 0 Å². The molecule has 0 radical (unpaired) electrons.